The van der Waals surface area contributed by atoms with Gasteiger partial charge in [-0.25, -0.2) is 9.78 Å². The zero-order chi connectivity index (χ0) is 19.0. The molecule has 1 heterocycles. The minimum absolute atomic E-state index is 0.0495. The molecule has 0 bridgehead atoms. The number of rotatable bonds is 2. The number of benzene rings is 1. The van der Waals surface area contributed by atoms with Gasteiger partial charge in [0, 0.05) is 19.4 Å². The van der Waals surface area contributed by atoms with Crippen LogP contribution in [0.4, 0.5) is 31.1 Å². The fourth-order valence-corrected chi connectivity index (χ4v) is 2.16. The molecule has 0 N–H and O–H groups in total. The van der Waals surface area contributed by atoms with Crippen molar-refractivity contribution in [3.8, 4) is 0 Å². The lowest BCUT2D eigenvalue weighted by Gasteiger charge is -2.26. The van der Waals surface area contributed by atoms with Crippen LogP contribution in [0.2, 0.25) is 0 Å². The van der Waals surface area contributed by atoms with E-state index in [-0.39, 0.29) is 11.6 Å². The second-order valence-electron chi connectivity index (χ2n) is 5.38. The van der Waals surface area contributed by atoms with E-state index in [1.165, 1.54) is 32.7 Å². The number of carbonyl (C=O) groups is 1. The predicted molar refractivity (Wildman–Crippen MR) is 75.6 cm³/mol. The van der Waals surface area contributed by atoms with E-state index in [0.717, 1.165) is 9.47 Å². The lowest BCUT2D eigenvalue weighted by atomic mass is 10.00. The van der Waals surface area contributed by atoms with E-state index in [1.807, 2.05) is 0 Å². The first-order chi connectivity index (χ1) is 11.4. The molecule has 0 aliphatic rings. The van der Waals surface area contributed by atoms with Crippen LogP contribution in [0.3, 0.4) is 0 Å². The maximum Gasteiger partial charge on any atom is 0.416 e. The highest BCUT2D eigenvalue weighted by Crippen LogP contribution is 2.38. The molecule has 2 rings (SSSR count). The smallest absolute Gasteiger partial charge is 0.320 e. The number of hydrogen-bond acceptors (Lipinski definition) is 2. The SMILES string of the molecule is C[C@@H](c1cc(C(F)(F)F)cc(C(F)(F)F)c1)N(C)C(=O)n1ccnc1. The summed E-state index contributed by atoms with van der Waals surface area (Å²) in [6, 6.07) is -0.405. The maximum atomic E-state index is 12.9. The highest BCUT2D eigenvalue weighted by atomic mass is 19.4. The first-order valence-corrected chi connectivity index (χ1v) is 6.95. The Morgan fingerprint density at radius 1 is 1.08 bits per heavy atom. The van der Waals surface area contributed by atoms with Crippen molar-refractivity contribution in [2.24, 2.45) is 0 Å². The lowest BCUT2D eigenvalue weighted by molar-refractivity contribution is -0.143. The summed E-state index contributed by atoms with van der Waals surface area (Å²) < 4.78 is 78.6. The van der Waals surface area contributed by atoms with E-state index >= 15 is 0 Å². The monoisotopic (exact) mass is 365 g/mol. The van der Waals surface area contributed by atoms with E-state index in [9.17, 15) is 31.1 Å². The van der Waals surface area contributed by atoms with Crippen molar-refractivity contribution >= 4 is 6.03 Å². The summed E-state index contributed by atoms with van der Waals surface area (Å²) in [6.45, 7) is 1.34. The van der Waals surface area contributed by atoms with Crippen molar-refractivity contribution in [2.45, 2.75) is 25.3 Å². The van der Waals surface area contributed by atoms with Gasteiger partial charge in [-0.05, 0) is 30.7 Å². The molecule has 0 aliphatic heterocycles. The number of carbonyl (C=O) groups excluding carboxylic acids is 1. The summed E-state index contributed by atoms with van der Waals surface area (Å²) in [5.41, 5.74) is -3.13. The molecule has 1 atom stereocenters. The van der Waals surface area contributed by atoms with Crippen molar-refractivity contribution in [1.82, 2.24) is 14.5 Å². The van der Waals surface area contributed by atoms with Crippen molar-refractivity contribution < 1.29 is 31.1 Å². The Bertz CT molecular complexity index is 719. The first kappa shape index (κ1) is 18.8. The molecule has 25 heavy (non-hydrogen) atoms. The van der Waals surface area contributed by atoms with Crippen LogP contribution in [0, 0.1) is 0 Å². The van der Waals surface area contributed by atoms with Gasteiger partial charge in [0.2, 0.25) is 0 Å². The highest BCUT2D eigenvalue weighted by Gasteiger charge is 2.37. The summed E-state index contributed by atoms with van der Waals surface area (Å²) in [7, 11) is 1.28. The van der Waals surface area contributed by atoms with Gasteiger partial charge in [-0.15, -0.1) is 0 Å². The van der Waals surface area contributed by atoms with Crippen LogP contribution >= 0.6 is 0 Å². The van der Waals surface area contributed by atoms with Crippen LogP contribution in [0.5, 0.6) is 0 Å². The summed E-state index contributed by atoms with van der Waals surface area (Å²) in [4.78, 5) is 16.9. The quantitative estimate of drug-likeness (QED) is 0.731. The number of aromatic nitrogens is 2. The second-order valence-corrected chi connectivity index (χ2v) is 5.38. The van der Waals surface area contributed by atoms with Crippen LogP contribution in [0.1, 0.15) is 29.7 Å². The molecule has 0 spiro atoms. The molecule has 4 nitrogen and oxygen atoms in total. The van der Waals surface area contributed by atoms with Gasteiger partial charge in [0.05, 0.1) is 17.2 Å². The molecule has 10 heteroatoms. The Kier molecular flexibility index (Phi) is 4.83. The van der Waals surface area contributed by atoms with Crippen LogP contribution in [-0.4, -0.2) is 27.5 Å². The van der Waals surface area contributed by atoms with Crippen molar-refractivity contribution in [3.05, 3.63) is 53.6 Å². The van der Waals surface area contributed by atoms with E-state index in [0.29, 0.717) is 12.1 Å². The Hall–Kier alpha value is -2.52. The average molecular weight is 365 g/mol. The normalized spacial score (nSPS) is 13.6. The zero-order valence-electron chi connectivity index (χ0n) is 13.1. The van der Waals surface area contributed by atoms with Gasteiger partial charge < -0.3 is 4.90 Å². The second kappa shape index (κ2) is 6.41. The van der Waals surface area contributed by atoms with Gasteiger partial charge in [0.15, 0.2) is 0 Å². The molecular formula is C15H13F6N3O. The van der Waals surface area contributed by atoms with Crippen molar-refractivity contribution in [2.75, 3.05) is 7.05 Å². The first-order valence-electron chi connectivity index (χ1n) is 6.95. The van der Waals surface area contributed by atoms with Gasteiger partial charge in [0.1, 0.15) is 6.33 Å². The number of hydrogen-bond donors (Lipinski definition) is 0. The van der Waals surface area contributed by atoms with Gasteiger partial charge in [0.25, 0.3) is 0 Å². The number of halogens is 6. The Labute approximate surface area is 138 Å². The van der Waals surface area contributed by atoms with Gasteiger partial charge in [-0.1, -0.05) is 0 Å². The van der Waals surface area contributed by atoms with Crippen LogP contribution in [0.25, 0.3) is 0 Å². The molecule has 136 valence electrons. The Balaban J connectivity index is 2.44. The van der Waals surface area contributed by atoms with Gasteiger partial charge in [-0.2, -0.15) is 26.3 Å². The lowest BCUT2D eigenvalue weighted by Crippen LogP contribution is -2.33. The Morgan fingerprint density at radius 3 is 2.00 bits per heavy atom. The molecule has 2 aromatic rings. The molecule has 0 saturated carbocycles. The standard InChI is InChI=1S/C15H13F6N3O/c1-9(23(2)13(25)24-4-3-22-8-24)10-5-11(14(16,17)18)7-12(6-10)15(19,20)21/h3-9H,1-2H3/t9-/m0/s1. The van der Waals surface area contributed by atoms with Gasteiger partial charge in [-0.3, -0.25) is 4.57 Å². The molecule has 1 aromatic heterocycles. The van der Waals surface area contributed by atoms with Crippen molar-refractivity contribution in [1.29, 1.82) is 0 Å². The minimum Gasteiger partial charge on any atom is -0.320 e. The summed E-state index contributed by atoms with van der Waals surface area (Å²) >= 11 is 0. The number of nitrogens with zero attached hydrogens (tertiary/aromatic N) is 3. The third-order valence-electron chi connectivity index (χ3n) is 3.70. The van der Waals surface area contributed by atoms with Crippen LogP contribution in [-0.2, 0) is 12.4 Å². The minimum atomic E-state index is -4.94. The van der Waals surface area contributed by atoms with E-state index in [1.54, 1.807) is 0 Å². The third kappa shape index (κ3) is 4.12. The topological polar surface area (TPSA) is 38.1 Å². The molecule has 0 radical (unpaired) electrons. The van der Waals surface area contributed by atoms with Crippen LogP contribution < -0.4 is 0 Å². The fraction of sp³-hybridized carbons (Fsp3) is 0.333. The molecule has 0 aliphatic carbocycles. The summed E-state index contributed by atoms with van der Waals surface area (Å²) in [6.07, 6.45) is -6.06. The maximum absolute atomic E-state index is 12.9. The van der Waals surface area contributed by atoms with E-state index in [4.69, 9.17) is 0 Å². The van der Waals surface area contributed by atoms with E-state index < -0.39 is 35.6 Å². The average Bonchev–Trinajstić information content (AvgIpc) is 3.05. The number of alkyl halides is 6. The molecule has 1 amide bonds. The van der Waals surface area contributed by atoms with Crippen molar-refractivity contribution in [3.63, 3.8) is 0 Å². The molecule has 0 unspecified atom stereocenters. The summed E-state index contributed by atoms with van der Waals surface area (Å²) in [5, 5.41) is 0. The largest absolute Gasteiger partial charge is 0.416 e. The number of amides is 1. The number of imidazole rings is 1. The van der Waals surface area contributed by atoms with Gasteiger partial charge >= 0.3 is 18.4 Å². The predicted octanol–water partition coefficient (Wildman–Crippen LogP) is 4.58. The van der Waals surface area contributed by atoms with E-state index in [2.05, 4.69) is 4.98 Å². The summed E-state index contributed by atoms with van der Waals surface area (Å²) in [5.74, 6) is 0. The fourth-order valence-electron chi connectivity index (χ4n) is 2.16. The molecule has 0 fully saturated rings. The molecule has 0 saturated heterocycles. The zero-order valence-corrected chi connectivity index (χ0v) is 13.1. The Morgan fingerprint density at radius 2 is 1.60 bits per heavy atom. The highest BCUT2D eigenvalue weighted by molar-refractivity contribution is 5.76. The third-order valence-corrected chi connectivity index (χ3v) is 3.70. The molecular weight excluding hydrogens is 352 g/mol. The molecule has 1 aromatic carbocycles. The van der Waals surface area contributed by atoms with Crippen LogP contribution in [0.15, 0.2) is 36.9 Å².